The van der Waals surface area contributed by atoms with Crippen LogP contribution in [-0.4, -0.2) is 46.1 Å². The number of aryl methyl sites for hydroxylation is 1. The van der Waals surface area contributed by atoms with Crippen molar-refractivity contribution in [3.63, 3.8) is 0 Å². The second-order valence-corrected chi connectivity index (χ2v) is 10.1. The molecule has 2 aliphatic rings. The van der Waals surface area contributed by atoms with Crippen molar-refractivity contribution in [1.82, 2.24) is 15.3 Å². The third-order valence-corrected chi connectivity index (χ3v) is 8.27. The molecule has 1 aliphatic heterocycles. The summed E-state index contributed by atoms with van der Waals surface area (Å²) in [5, 5.41) is 14.5. The lowest BCUT2D eigenvalue weighted by Gasteiger charge is -2.19. The largest absolute Gasteiger partial charge is 0.477 e. The number of carboxylic acids is 1. The van der Waals surface area contributed by atoms with Crippen LogP contribution in [-0.2, 0) is 0 Å². The van der Waals surface area contributed by atoms with Gasteiger partial charge in [-0.05, 0) is 19.1 Å². The van der Waals surface area contributed by atoms with Gasteiger partial charge in [0, 0.05) is 47.2 Å². The lowest BCUT2D eigenvalue weighted by Crippen LogP contribution is -2.34. The molecule has 1 aliphatic carbocycles. The van der Waals surface area contributed by atoms with Crippen molar-refractivity contribution in [2.24, 2.45) is 11.8 Å². The summed E-state index contributed by atoms with van der Waals surface area (Å²) in [6, 6.07) is 7.00. The monoisotopic (exact) mass is 510 g/mol. The van der Waals surface area contributed by atoms with Crippen molar-refractivity contribution in [2.45, 2.75) is 13.0 Å². The van der Waals surface area contributed by atoms with Gasteiger partial charge in [0.2, 0.25) is 0 Å². The Labute approximate surface area is 202 Å². The summed E-state index contributed by atoms with van der Waals surface area (Å²) >= 11 is 19.3. The Kier molecular flexibility index (Phi) is 5.36. The molecule has 0 unspecified atom stereocenters. The molecule has 1 amide bonds. The Bertz CT molecular complexity index is 1230. The summed E-state index contributed by atoms with van der Waals surface area (Å²) in [6.07, 6.45) is 0. The van der Waals surface area contributed by atoms with Crippen molar-refractivity contribution in [3.05, 3.63) is 55.6 Å². The summed E-state index contributed by atoms with van der Waals surface area (Å²) in [7, 11) is 0. The molecule has 3 atom stereocenters. The topological polar surface area (TPSA) is 98.3 Å². The van der Waals surface area contributed by atoms with E-state index in [2.05, 4.69) is 20.2 Å². The number of carboxylic acid groups (broad SMARTS) is 1. The molecule has 11 heteroatoms. The number of benzene rings is 1. The van der Waals surface area contributed by atoms with E-state index in [-0.39, 0.29) is 39.4 Å². The molecule has 3 aromatic rings. The molecule has 32 heavy (non-hydrogen) atoms. The third kappa shape index (κ3) is 3.65. The molecule has 3 heterocycles. The van der Waals surface area contributed by atoms with Crippen LogP contribution >= 0.6 is 46.1 Å². The molecule has 1 aromatic carbocycles. The fourth-order valence-electron chi connectivity index (χ4n) is 4.24. The van der Waals surface area contributed by atoms with Crippen LogP contribution < -0.4 is 10.2 Å². The molecule has 5 rings (SSSR count). The van der Waals surface area contributed by atoms with Gasteiger partial charge in [0.1, 0.15) is 10.6 Å². The first-order chi connectivity index (χ1) is 15.2. The highest BCUT2D eigenvalue weighted by Gasteiger charge is 2.57. The highest BCUT2D eigenvalue weighted by atomic mass is 35.5. The first-order valence-electron chi connectivity index (χ1n) is 9.84. The molecule has 1 saturated heterocycles. The highest BCUT2D eigenvalue weighted by Crippen LogP contribution is 2.48. The molecule has 166 valence electrons. The fraction of sp³-hybridized carbons (Fsp3) is 0.286. The Hall–Kier alpha value is -2.26. The lowest BCUT2D eigenvalue weighted by molar-refractivity contribution is 0.0702. The molecule has 2 aromatic heterocycles. The molecule has 1 saturated carbocycles. The number of rotatable bonds is 5. The van der Waals surface area contributed by atoms with Gasteiger partial charge in [0.05, 0.1) is 15.7 Å². The Morgan fingerprint density at radius 1 is 1.16 bits per heavy atom. The average Bonchev–Trinajstić information content (AvgIpc) is 3.16. The maximum absolute atomic E-state index is 12.6. The van der Waals surface area contributed by atoms with Crippen LogP contribution in [0, 0.1) is 18.8 Å². The predicted molar refractivity (Wildman–Crippen MR) is 126 cm³/mol. The molecular formula is C21H17Cl3N4O3S. The summed E-state index contributed by atoms with van der Waals surface area (Å²) in [5.41, 5.74) is 2.07. The molecule has 0 radical (unpaired) electrons. The van der Waals surface area contributed by atoms with E-state index in [1.54, 1.807) is 31.2 Å². The van der Waals surface area contributed by atoms with Gasteiger partial charge >= 0.3 is 5.97 Å². The fourth-order valence-corrected chi connectivity index (χ4v) is 5.73. The van der Waals surface area contributed by atoms with Gasteiger partial charge in [0.25, 0.3) is 5.91 Å². The lowest BCUT2D eigenvalue weighted by atomic mass is 10.1. The second-order valence-electron chi connectivity index (χ2n) is 7.97. The number of amides is 1. The van der Waals surface area contributed by atoms with Gasteiger partial charge in [-0.25, -0.2) is 9.78 Å². The van der Waals surface area contributed by atoms with E-state index < -0.39 is 5.97 Å². The summed E-state index contributed by atoms with van der Waals surface area (Å²) < 4.78 is 0. The molecule has 7 nitrogen and oxygen atoms in total. The SMILES string of the molecule is Cc1[nH]c(C(=O)N[C@H]2[C@@H]3CN(c4nc(-c5ccc(Cl)cc5)c(C(=O)O)s4)C[C@@H]32)c(Cl)c1Cl. The number of aromatic nitrogens is 2. The van der Waals surface area contributed by atoms with Crippen molar-refractivity contribution < 1.29 is 14.7 Å². The van der Waals surface area contributed by atoms with E-state index in [9.17, 15) is 14.7 Å². The number of nitrogens with one attached hydrogen (secondary N) is 2. The standard InChI is InChI=1S/C21H17Cl3N4O3S/c1-8-13(23)14(24)17(25-8)19(29)26-16-11-6-28(7-12(11)16)21-27-15(18(32-21)20(30)31)9-2-4-10(22)5-3-9/h2-5,11-12,16,25H,6-7H2,1H3,(H,26,29)(H,30,31)/t11-,12+,16+. The Balaban J connectivity index is 1.28. The Morgan fingerprint density at radius 2 is 1.81 bits per heavy atom. The van der Waals surface area contributed by atoms with Gasteiger partial charge in [-0.1, -0.05) is 58.3 Å². The number of hydrogen-bond acceptors (Lipinski definition) is 5. The molecule has 2 fully saturated rings. The number of thiazole rings is 1. The number of nitrogens with zero attached hydrogens (tertiary/aromatic N) is 2. The minimum absolute atomic E-state index is 0.0480. The summed E-state index contributed by atoms with van der Waals surface area (Å²) in [6.45, 7) is 3.15. The zero-order valence-corrected chi connectivity index (χ0v) is 19.7. The molecular weight excluding hydrogens is 495 g/mol. The molecule has 3 N–H and O–H groups in total. The number of carbonyl (C=O) groups excluding carboxylic acids is 1. The van der Waals surface area contributed by atoms with E-state index >= 15 is 0 Å². The zero-order valence-electron chi connectivity index (χ0n) is 16.7. The normalized spacial score (nSPS) is 21.5. The van der Waals surface area contributed by atoms with Crippen molar-refractivity contribution in [1.29, 1.82) is 0 Å². The number of H-pyrrole nitrogens is 1. The van der Waals surface area contributed by atoms with Crippen molar-refractivity contribution in [3.8, 4) is 11.3 Å². The number of aromatic amines is 1. The van der Waals surface area contributed by atoms with Gasteiger partial charge in [-0.2, -0.15) is 0 Å². The maximum Gasteiger partial charge on any atom is 0.348 e. The van der Waals surface area contributed by atoms with E-state index in [0.717, 1.165) is 11.3 Å². The smallest absolute Gasteiger partial charge is 0.348 e. The average molecular weight is 512 g/mol. The number of aromatic carboxylic acids is 1. The van der Waals surface area contributed by atoms with E-state index in [4.69, 9.17) is 34.8 Å². The highest BCUT2D eigenvalue weighted by molar-refractivity contribution is 7.17. The van der Waals surface area contributed by atoms with Crippen LogP contribution in [0.5, 0.6) is 0 Å². The van der Waals surface area contributed by atoms with Crippen molar-refractivity contribution >= 4 is 63.1 Å². The number of hydrogen-bond donors (Lipinski definition) is 3. The van der Waals surface area contributed by atoms with Crippen molar-refractivity contribution in [2.75, 3.05) is 18.0 Å². The first-order valence-corrected chi connectivity index (χ1v) is 11.8. The number of piperidine rings is 1. The van der Waals surface area contributed by atoms with Crippen LogP contribution in [0.15, 0.2) is 24.3 Å². The number of halogens is 3. The van der Waals surface area contributed by atoms with Gasteiger partial charge < -0.3 is 20.3 Å². The Morgan fingerprint density at radius 3 is 2.38 bits per heavy atom. The third-order valence-electron chi connectivity index (χ3n) is 5.97. The molecule has 0 bridgehead atoms. The zero-order chi connectivity index (χ0) is 22.7. The van der Waals surface area contributed by atoms with E-state index in [1.807, 2.05) is 0 Å². The second kappa shape index (κ2) is 7.95. The van der Waals surface area contributed by atoms with Crippen LogP contribution in [0.25, 0.3) is 11.3 Å². The van der Waals surface area contributed by atoms with Gasteiger partial charge in [-0.15, -0.1) is 0 Å². The quantitative estimate of drug-likeness (QED) is 0.449. The molecule has 0 spiro atoms. The van der Waals surface area contributed by atoms with E-state index in [1.165, 1.54) is 0 Å². The van der Waals surface area contributed by atoms with Crippen LogP contribution in [0.4, 0.5) is 5.13 Å². The van der Waals surface area contributed by atoms with Crippen LogP contribution in [0.3, 0.4) is 0 Å². The van der Waals surface area contributed by atoms with E-state index in [0.29, 0.717) is 45.2 Å². The van der Waals surface area contributed by atoms with Crippen LogP contribution in [0.2, 0.25) is 15.1 Å². The number of anilines is 1. The minimum atomic E-state index is -1.01. The first kappa shape index (κ1) is 21.6. The summed E-state index contributed by atoms with van der Waals surface area (Å²) in [4.78, 5) is 34.2. The minimum Gasteiger partial charge on any atom is -0.477 e. The number of carbonyl (C=O) groups is 2. The van der Waals surface area contributed by atoms with Gasteiger partial charge in [0.15, 0.2) is 5.13 Å². The maximum atomic E-state index is 12.6. The van der Waals surface area contributed by atoms with Crippen LogP contribution in [0.1, 0.15) is 25.9 Å². The van der Waals surface area contributed by atoms with Gasteiger partial charge in [-0.3, -0.25) is 4.79 Å². The number of fused-ring (bicyclic) bond motifs is 1. The summed E-state index contributed by atoms with van der Waals surface area (Å²) in [5.74, 6) is -0.728. The predicted octanol–water partition coefficient (Wildman–Crippen LogP) is 4.97.